The molecule has 5 nitrogen and oxygen atoms in total. The summed E-state index contributed by atoms with van der Waals surface area (Å²) in [6, 6.07) is 0. The van der Waals surface area contributed by atoms with Crippen molar-refractivity contribution in [3.05, 3.63) is 23.0 Å². The number of aromatic amines is 1. The number of hydrogen-bond acceptors (Lipinski definition) is 3. The Hall–Kier alpha value is -1.78. The first-order valence-corrected chi connectivity index (χ1v) is 5.75. The Kier molecular flexibility index (Phi) is 4.75. The fourth-order valence-electron chi connectivity index (χ4n) is 1.48. The average Bonchev–Trinajstić information content (AvgIpc) is 2.68. The number of carbonyl (C=O) groups is 2. The van der Waals surface area contributed by atoms with Gasteiger partial charge in [-0.05, 0) is 25.8 Å². The van der Waals surface area contributed by atoms with E-state index in [1.54, 1.807) is 13.8 Å². The highest BCUT2D eigenvalue weighted by Gasteiger charge is 2.18. The molecule has 0 fully saturated rings. The van der Waals surface area contributed by atoms with E-state index in [2.05, 4.69) is 10.3 Å². The van der Waals surface area contributed by atoms with Crippen molar-refractivity contribution < 1.29 is 14.3 Å². The standard InChI is InChI=1S/C12H18N2O3/c1-4-6-13-11(15)10-8(3)9(7-14-10)12(16)17-5-2/h7,14H,4-6H2,1-3H3,(H,13,15). The van der Waals surface area contributed by atoms with Crippen molar-refractivity contribution in [2.45, 2.75) is 27.2 Å². The van der Waals surface area contributed by atoms with E-state index in [1.165, 1.54) is 6.20 Å². The lowest BCUT2D eigenvalue weighted by Gasteiger charge is -2.03. The number of aromatic nitrogens is 1. The third-order valence-corrected chi connectivity index (χ3v) is 2.40. The van der Waals surface area contributed by atoms with E-state index in [9.17, 15) is 9.59 Å². The molecular weight excluding hydrogens is 220 g/mol. The largest absolute Gasteiger partial charge is 0.462 e. The van der Waals surface area contributed by atoms with Crippen LogP contribution in [0.15, 0.2) is 6.20 Å². The Morgan fingerprint density at radius 2 is 2.12 bits per heavy atom. The molecule has 5 heteroatoms. The third-order valence-electron chi connectivity index (χ3n) is 2.40. The van der Waals surface area contributed by atoms with Crippen LogP contribution in [0.2, 0.25) is 0 Å². The highest BCUT2D eigenvalue weighted by molar-refractivity contribution is 5.99. The molecule has 94 valence electrons. The molecule has 0 saturated heterocycles. The van der Waals surface area contributed by atoms with Gasteiger partial charge in [0.1, 0.15) is 5.69 Å². The number of esters is 1. The van der Waals surface area contributed by atoms with Crippen LogP contribution in [-0.2, 0) is 4.74 Å². The topological polar surface area (TPSA) is 71.2 Å². The maximum absolute atomic E-state index is 11.7. The molecule has 0 aliphatic heterocycles. The first-order chi connectivity index (χ1) is 8.11. The van der Waals surface area contributed by atoms with E-state index >= 15 is 0 Å². The van der Waals surface area contributed by atoms with Gasteiger partial charge < -0.3 is 15.0 Å². The predicted molar refractivity (Wildman–Crippen MR) is 64.1 cm³/mol. The summed E-state index contributed by atoms with van der Waals surface area (Å²) in [5.41, 5.74) is 1.45. The van der Waals surface area contributed by atoms with Gasteiger partial charge in [0.25, 0.3) is 5.91 Å². The van der Waals surface area contributed by atoms with E-state index in [0.717, 1.165) is 6.42 Å². The van der Waals surface area contributed by atoms with Crippen LogP contribution in [0.1, 0.15) is 46.7 Å². The maximum atomic E-state index is 11.7. The zero-order valence-corrected chi connectivity index (χ0v) is 10.4. The van der Waals surface area contributed by atoms with Crippen molar-refractivity contribution in [3.8, 4) is 0 Å². The maximum Gasteiger partial charge on any atom is 0.339 e. The van der Waals surface area contributed by atoms with Crippen LogP contribution in [0.3, 0.4) is 0 Å². The van der Waals surface area contributed by atoms with Crippen LogP contribution >= 0.6 is 0 Å². The van der Waals surface area contributed by atoms with Crippen LogP contribution in [0.25, 0.3) is 0 Å². The highest BCUT2D eigenvalue weighted by atomic mass is 16.5. The van der Waals surface area contributed by atoms with Gasteiger partial charge in [-0.15, -0.1) is 0 Å². The van der Waals surface area contributed by atoms with Crippen LogP contribution in [0, 0.1) is 6.92 Å². The van der Waals surface area contributed by atoms with Crippen molar-refractivity contribution in [2.24, 2.45) is 0 Å². The molecule has 0 aliphatic carbocycles. The number of ether oxygens (including phenoxy) is 1. The third kappa shape index (κ3) is 3.09. The minimum absolute atomic E-state index is 0.195. The fourth-order valence-corrected chi connectivity index (χ4v) is 1.48. The second kappa shape index (κ2) is 6.08. The van der Waals surface area contributed by atoms with Crippen molar-refractivity contribution >= 4 is 11.9 Å². The molecule has 0 aromatic carbocycles. The molecule has 0 bridgehead atoms. The lowest BCUT2D eigenvalue weighted by Crippen LogP contribution is -2.25. The molecule has 1 amide bonds. The highest BCUT2D eigenvalue weighted by Crippen LogP contribution is 2.14. The number of rotatable bonds is 5. The molecule has 1 heterocycles. The number of amides is 1. The Balaban J connectivity index is 2.83. The van der Waals surface area contributed by atoms with Crippen molar-refractivity contribution in [1.29, 1.82) is 0 Å². The second-order valence-corrected chi connectivity index (χ2v) is 3.68. The monoisotopic (exact) mass is 238 g/mol. The molecule has 0 saturated carbocycles. The Labute approximate surface area is 101 Å². The van der Waals surface area contributed by atoms with Crippen LogP contribution in [-0.4, -0.2) is 30.0 Å². The molecule has 0 aliphatic rings. The second-order valence-electron chi connectivity index (χ2n) is 3.68. The molecule has 0 radical (unpaired) electrons. The van der Waals surface area contributed by atoms with E-state index < -0.39 is 5.97 Å². The van der Waals surface area contributed by atoms with Crippen LogP contribution in [0.5, 0.6) is 0 Å². The summed E-state index contributed by atoms with van der Waals surface area (Å²) in [7, 11) is 0. The summed E-state index contributed by atoms with van der Waals surface area (Å²) in [6.45, 7) is 6.39. The van der Waals surface area contributed by atoms with Gasteiger partial charge in [-0.25, -0.2) is 4.79 Å². The lowest BCUT2D eigenvalue weighted by atomic mass is 10.1. The summed E-state index contributed by atoms with van der Waals surface area (Å²) >= 11 is 0. The summed E-state index contributed by atoms with van der Waals surface area (Å²) in [5.74, 6) is -0.601. The normalized spacial score (nSPS) is 10.1. The van der Waals surface area contributed by atoms with Gasteiger partial charge in [-0.1, -0.05) is 6.92 Å². The summed E-state index contributed by atoms with van der Waals surface area (Å²) < 4.78 is 4.89. The van der Waals surface area contributed by atoms with Gasteiger partial charge in [0.2, 0.25) is 0 Å². The van der Waals surface area contributed by atoms with E-state index in [1.807, 2.05) is 6.92 Å². The van der Waals surface area contributed by atoms with E-state index in [0.29, 0.717) is 30.0 Å². The molecule has 1 aromatic rings. The van der Waals surface area contributed by atoms with Crippen LogP contribution < -0.4 is 5.32 Å². The summed E-state index contributed by atoms with van der Waals surface area (Å²) in [6.07, 6.45) is 2.38. The van der Waals surface area contributed by atoms with Crippen molar-refractivity contribution in [1.82, 2.24) is 10.3 Å². The summed E-state index contributed by atoms with van der Waals surface area (Å²) in [5, 5.41) is 2.75. The van der Waals surface area contributed by atoms with Gasteiger partial charge >= 0.3 is 5.97 Å². The molecular formula is C12H18N2O3. The molecule has 17 heavy (non-hydrogen) atoms. The molecule has 1 aromatic heterocycles. The van der Waals surface area contributed by atoms with E-state index in [-0.39, 0.29) is 5.91 Å². The molecule has 0 atom stereocenters. The van der Waals surface area contributed by atoms with Crippen LogP contribution in [0.4, 0.5) is 0 Å². The van der Waals surface area contributed by atoms with Gasteiger partial charge in [-0.3, -0.25) is 4.79 Å². The van der Waals surface area contributed by atoms with Crippen molar-refractivity contribution in [2.75, 3.05) is 13.2 Å². The SMILES string of the molecule is CCCNC(=O)c1[nH]cc(C(=O)OCC)c1C. The first-order valence-electron chi connectivity index (χ1n) is 5.75. The molecule has 2 N–H and O–H groups in total. The quantitative estimate of drug-likeness (QED) is 0.766. The smallest absolute Gasteiger partial charge is 0.339 e. The molecule has 0 unspecified atom stereocenters. The lowest BCUT2D eigenvalue weighted by molar-refractivity contribution is 0.0526. The Morgan fingerprint density at radius 1 is 1.41 bits per heavy atom. The molecule has 0 spiro atoms. The van der Waals surface area contributed by atoms with Gasteiger partial charge in [0.15, 0.2) is 0 Å². The Morgan fingerprint density at radius 3 is 2.71 bits per heavy atom. The number of carbonyl (C=O) groups excluding carboxylic acids is 2. The average molecular weight is 238 g/mol. The van der Waals surface area contributed by atoms with Gasteiger partial charge in [-0.2, -0.15) is 0 Å². The number of H-pyrrole nitrogens is 1. The minimum atomic E-state index is -0.407. The minimum Gasteiger partial charge on any atom is -0.462 e. The van der Waals surface area contributed by atoms with Crippen molar-refractivity contribution in [3.63, 3.8) is 0 Å². The first kappa shape index (κ1) is 13.3. The Bertz CT molecular complexity index is 410. The zero-order chi connectivity index (χ0) is 12.8. The number of nitrogens with one attached hydrogen (secondary N) is 2. The number of hydrogen-bond donors (Lipinski definition) is 2. The van der Waals surface area contributed by atoms with E-state index in [4.69, 9.17) is 4.74 Å². The predicted octanol–water partition coefficient (Wildman–Crippen LogP) is 1.64. The molecule has 1 rings (SSSR count). The van der Waals surface area contributed by atoms with Gasteiger partial charge in [0.05, 0.1) is 12.2 Å². The fraction of sp³-hybridized carbons (Fsp3) is 0.500. The zero-order valence-electron chi connectivity index (χ0n) is 10.4. The van der Waals surface area contributed by atoms with Gasteiger partial charge in [0, 0.05) is 12.7 Å². The summed E-state index contributed by atoms with van der Waals surface area (Å²) in [4.78, 5) is 26.1.